The number of methoxy groups -OCH3 is 2. The number of aromatic hydroxyl groups is 1. The van der Waals surface area contributed by atoms with Crippen molar-refractivity contribution in [3.05, 3.63) is 45.9 Å². The molecule has 0 amide bonds. The van der Waals surface area contributed by atoms with Crippen LogP contribution in [0.3, 0.4) is 0 Å². The quantitative estimate of drug-likeness (QED) is 0.544. The van der Waals surface area contributed by atoms with Crippen LogP contribution in [-0.4, -0.2) is 34.0 Å². The minimum Gasteiger partial charge on any atom is -0.504 e. The normalized spacial score (nSPS) is 11.5. The zero-order valence-corrected chi connectivity index (χ0v) is 16.2. The van der Waals surface area contributed by atoms with Crippen molar-refractivity contribution in [1.82, 2.24) is 4.83 Å². The molecule has 2 aromatic rings. The molecule has 0 saturated carbocycles. The maximum absolute atomic E-state index is 12.4. The summed E-state index contributed by atoms with van der Waals surface area (Å²) in [6.07, 6.45) is 1.18. The Morgan fingerprint density at radius 2 is 1.84 bits per heavy atom. The van der Waals surface area contributed by atoms with Gasteiger partial charge in [-0.15, -0.1) is 0 Å². The summed E-state index contributed by atoms with van der Waals surface area (Å²) in [5.74, 6) is 0.293. The molecule has 0 saturated heterocycles. The van der Waals surface area contributed by atoms with Crippen LogP contribution in [0.4, 0.5) is 0 Å². The Hall–Kier alpha value is -2.26. The molecule has 0 aliphatic rings. The van der Waals surface area contributed by atoms with E-state index in [0.29, 0.717) is 4.47 Å². The first-order chi connectivity index (χ1) is 11.8. The van der Waals surface area contributed by atoms with Gasteiger partial charge >= 0.3 is 0 Å². The fourth-order valence-corrected chi connectivity index (χ4v) is 3.56. The zero-order valence-electron chi connectivity index (χ0n) is 13.8. The van der Waals surface area contributed by atoms with Crippen molar-refractivity contribution in [3.63, 3.8) is 0 Å². The van der Waals surface area contributed by atoms with E-state index in [0.717, 1.165) is 5.56 Å². The monoisotopic (exact) mass is 428 g/mol. The lowest BCUT2D eigenvalue weighted by atomic mass is 10.2. The number of phenolic OH excluding ortho intramolecular Hbond substituents is 1. The molecular formula is C16H17BrN2O5S. The summed E-state index contributed by atoms with van der Waals surface area (Å²) in [6, 6.07) is 7.94. The van der Waals surface area contributed by atoms with E-state index in [-0.39, 0.29) is 27.7 Å². The van der Waals surface area contributed by atoms with Gasteiger partial charge in [-0.2, -0.15) is 18.4 Å². The van der Waals surface area contributed by atoms with Gasteiger partial charge in [0.25, 0.3) is 10.0 Å². The van der Waals surface area contributed by atoms with Crippen LogP contribution in [0.2, 0.25) is 0 Å². The zero-order chi connectivity index (χ0) is 18.6. The van der Waals surface area contributed by atoms with E-state index in [1.807, 2.05) is 0 Å². The molecule has 2 aromatic carbocycles. The molecule has 25 heavy (non-hydrogen) atoms. The topological polar surface area (TPSA) is 97.2 Å². The molecule has 0 bridgehead atoms. The summed E-state index contributed by atoms with van der Waals surface area (Å²) < 4.78 is 35.6. The van der Waals surface area contributed by atoms with Gasteiger partial charge in [0.1, 0.15) is 10.6 Å². The van der Waals surface area contributed by atoms with Crippen molar-refractivity contribution in [2.24, 2.45) is 5.10 Å². The highest BCUT2D eigenvalue weighted by atomic mass is 79.9. The average Bonchev–Trinajstić information content (AvgIpc) is 2.57. The second-order valence-corrected chi connectivity index (χ2v) is 7.60. The fourth-order valence-electron chi connectivity index (χ4n) is 2.06. The number of hydrazone groups is 1. The molecule has 0 radical (unpaired) electrons. The second-order valence-electron chi connectivity index (χ2n) is 5.05. The number of nitrogens with one attached hydrogen (secondary N) is 1. The minimum absolute atomic E-state index is 0.0248. The Morgan fingerprint density at radius 1 is 1.16 bits per heavy atom. The highest BCUT2D eigenvalue weighted by molar-refractivity contribution is 9.10. The largest absolute Gasteiger partial charge is 0.504 e. The molecular weight excluding hydrogens is 412 g/mol. The molecule has 0 aliphatic heterocycles. The number of hydrogen-bond acceptors (Lipinski definition) is 6. The van der Waals surface area contributed by atoms with Crippen molar-refractivity contribution in [2.45, 2.75) is 11.8 Å². The summed E-state index contributed by atoms with van der Waals surface area (Å²) in [5.41, 5.74) is 1.05. The predicted molar refractivity (Wildman–Crippen MR) is 98.0 cm³/mol. The average molecular weight is 429 g/mol. The molecule has 0 unspecified atom stereocenters. The van der Waals surface area contributed by atoms with Crippen LogP contribution in [0.1, 0.15) is 11.1 Å². The molecule has 2 rings (SSSR count). The van der Waals surface area contributed by atoms with Gasteiger partial charge in [-0.1, -0.05) is 22.0 Å². The molecule has 7 nitrogen and oxygen atoms in total. The highest BCUT2D eigenvalue weighted by Gasteiger charge is 2.19. The highest BCUT2D eigenvalue weighted by Crippen LogP contribution is 2.32. The third kappa shape index (κ3) is 4.43. The van der Waals surface area contributed by atoms with Crippen LogP contribution < -0.4 is 14.3 Å². The Kier molecular flexibility index (Phi) is 5.91. The van der Waals surface area contributed by atoms with Gasteiger partial charge in [-0.05, 0) is 36.8 Å². The number of hydrogen-bond donors (Lipinski definition) is 2. The van der Waals surface area contributed by atoms with Gasteiger partial charge in [0.05, 0.1) is 20.4 Å². The summed E-state index contributed by atoms with van der Waals surface area (Å²) >= 11 is 3.27. The third-order valence-electron chi connectivity index (χ3n) is 3.27. The maximum Gasteiger partial charge on any atom is 0.280 e. The van der Waals surface area contributed by atoms with Gasteiger partial charge in [-0.3, -0.25) is 0 Å². The number of halogens is 1. The lowest BCUT2D eigenvalue weighted by Gasteiger charge is -2.10. The van der Waals surface area contributed by atoms with Crippen molar-refractivity contribution >= 4 is 32.2 Å². The van der Waals surface area contributed by atoms with E-state index in [4.69, 9.17) is 9.47 Å². The Labute approximate surface area is 154 Å². The van der Waals surface area contributed by atoms with Gasteiger partial charge in [0.2, 0.25) is 0 Å². The molecule has 0 spiro atoms. The van der Waals surface area contributed by atoms with Crippen LogP contribution in [-0.2, 0) is 10.0 Å². The van der Waals surface area contributed by atoms with Crippen LogP contribution >= 0.6 is 15.9 Å². The van der Waals surface area contributed by atoms with E-state index in [2.05, 4.69) is 25.9 Å². The first kappa shape index (κ1) is 19.1. The van der Waals surface area contributed by atoms with Gasteiger partial charge in [0.15, 0.2) is 11.5 Å². The third-order valence-corrected chi connectivity index (χ3v) is 4.98. The fraction of sp³-hybridized carbons (Fsp3) is 0.188. The van der Waals surface area contributed by atoms with Crippen molar-refractivity contribution < 1.29 is 23.0 Å². The second kappa shape index (κ2) is 7.75. The first-order valence-electron chi connectivity index (χ1n) is 7.04. The lowest BCUT2D eigenvalue weighted by Crippen LogP contribution is -2.19. The number of nitrogens with zero attached hydrogens (tertiary/aromatic N) is 1. The van der Waals surface area contributed by atoms with Crippen LogP contribution in [0.25, 0.3) is 0 Å². The molecule has 0 heterocycles. The maximum atomic E-state index is 12.4. The van der Waals surface area contributed by atoms with Crippen LogP contribution in [0.15, 0.2) is 44.8 Å². The molecule has 134 valence electrons. The number of rotatable bonds is 6. The van der Waals surface area contributed by atoms with E-state index < -0.39 is 10.0 Å². The predicted octanol–water partition coefficient (Wildman–Crippen LogP) is 2.79. The molecule has 9 heteroatoms. The summed E-state index contributed by atoms with van der Waals surface area (Å²) in [4.78, 5) is 2.08. The smallest absolute Gasteiger partial charge is 0.280 e. The lowest BCUT2D eigenvalue weighted by molar-refractivity contribution is 0.373. The standard InChI is InChI=1S/C16H17BrN2O5S/c1-10-4-5-13(23-2)15(6-10)25(21,22)19-18-9-11-7-12(17)8-14(24-3)16(11)20/h4-9,19-20H,1-3H3/b18-9+. The number of sulfonamides is 1. The van der Waals surface area contributed by atoms with E-state index in [9.17, 15) is 13.5 Å². The van der Waals surface area contributed by atoms with Gasteiger partial charge in [-0.25, -0.2) is 0 Å². The molecule has 0 fully saturated rings. The van der Waals surface area contributed by atoms with E-state index >= 15 is 0 Å². The van der Waals surface area contributed by atoms with Gasteiger partial charge in [0, 0.05) is 10.0 Å². The summed E-state index contributed by atoms with van der Waals surface area (Å²) in [7, 11) is -1.13. The molecule has 0 aliphatic carbocycles. The van der Waals surface area contributed by atoms with Crippen molar-refractivity contribution in [2.75, 3.05) is 14.2 Å². The van der Waals surface area contributed by atoms with E-state index in [1.54, 1.807) is 31.2 Å². The van der Waals surface area contributed by atoms with Crippen LogP contribution in [0, 0.1) is 6.92 Å². The Balaban J connectivity index is 2.31. The van der Waals surface area contributed by atoms with E-state index in [1.165, 1.54) is 26.5 Å². The SMILES string of the molecule is COc1ccc(C)cc1S(=O)(=O)N/N=C/c1cc(Br)cc(OC)c1O. The Bertz CT molecular complexity index is 913. The minimum atomic E-state index is -3.93. The first-order valence-corrected chi connectivity index (χ1v) is 9.32. The number of benzene rings is 2. The number of aryl methyl sites for hydroxylation is 1. The van der Waals surface area contributed by atoms with Crippen molar-refractivity contribution in [3.8, 4) is 17.2 Å². The molecule has 2 N–H and O–H groups in total. The summed E-state index contributed by atoms with van der Waals surface area (Å²) in [5, 5.41) is 13.8. The van der Waals surface area contributed by atoms with Crippen LogP contribution in [0.5, 0.6) is 17.2 Å². The Morgan fingerprint density at radius 3 is 2.48 bits per heavy atom. The number of phenols is 1. The molecule has 0 atom stereocenters. The molecule has 0 aromatic heterocycles. The number of ether oxygens (including phenoxy) is 2. The van der Waals surface area contributed by atoms with Crippen molar-refractivity contribution in [1.29, 1.82) is 0 Å². The van der Waals surface area contributed by atoms with Gasteiger partial charge < -0.3 is 14.6 Å². The summed E-state index contributed by atoms with van der Waals surface area (Å²) in [6.45, 7) is 1.77.